The molecular weight excluding hydrogens is 248 g/mol. The standard InChI is InChI=1S/C16H22N4/c1-19-9-7-18-16(19)6-8-20-12-14-5-3-2-4-13(14)10-15(20)11-17/h2-5,7,9,15H,6,8,10-12,17H2,1H3. The van der Waals surface area contributed by atoms with E-state index in [0.29, 0.717) is 6.04 Å². The third-order valence-corrected chi connectivity index (χ3v) is 4.28. The predicted octanol–water partition coefficient (Wildman–Crippen LogP) is 1.35. The number of hydrogen-bond donors (Lipinski definition) is 1. The summed E-state index contributed by atoms with van der Waals surface area (Å²) in [5.41, 5.74) is 8.86. The number of nitrogens with two attached hydrogens (primary N) is 1. The number of aromatic nitrogens is 2. The van der Waals surface area contributed by atoms with Gasteiger partial charge in [0.15, 0.2) is 0 Å². The fraction of sp³-hybridized carbons (Fsp3) is 0.438. The highest BCUT2D eigenvalue weighted by Gasteiger charge is 2.24. The highest BCUT2D eigenvalue weighted by Crippen LogP contribution is 2.22. The molecule has 0 spiro atoms. The van der Waals surface area contributed by atoms with Crippen LogP contribution in [0.1, 0.15) is 17.0 Å². The van der Waals surface area contributed by atoms with Gasteiger partial charge in [-0.2, -0.15) is 0 Å². The van der Waals surface area contributed by atoms with Gasteiger partial charge in [-0.05, 0) is 17.5 Å². The van der Waals surface area contributed by atoms with Crippen LogP contribution in [0.15, 0.2) is 36.7 Å². The number of benzene rings is 1. The van der Waals surface area contributed by atoms with Gasteiger partial charge in [-0.1, -0.05) is 24.3 Å². The Hall–Kier alpha value is -1.65. The zero-order valence-electron chi connectivity index (χ0n) is 12.0. The van der Waals surface area contributed by atoms with Crippen molar-refractivity contribution in [2.45, 2.75) is 25.4 Å². The van der Waals surface area contributed by atoms with Gasteiger partial charge in [-0.3, -0.25) is 4.90 Å². The van der Waals surface area contributed by atoms with E-state index in [0.717, 1.165) is 38.3 Å². The van der Waals surface area contributed by atoms with Gasteiger partial charge in [0.2, 0.25) is 0 Å². The molecule has 1 atom stereocenters. The first kappa shape index (κ1) is 13.3. The molecular formula is C16H22N4. The van der Waals surface area contributed by atoms with E-state index in [4.69, 9.17) is 5.73 Å². The van der Waals surface area contributed by atoms with Crippen LogP contribution in [0.4, 0.5) is 0 Å². The summed E-state index contributed by atoms with van der Waals surface area (Å²) < 4.78 is 2.09. The van der Waals surface area contributed by atoms with E-state index in [1.807, 2.05) is 19.4 Å². The van der Waals surface area contributed by atoms with Crippen molar-refractivity contribution in [2.75, 3.05) is 13.1 Å². The third kappa shape index (κ3) is 2.62. The Balaban J connectivity index is 1.71. The molecule has 106 valence electrons. The van der Waals surface area contributed by atoms with Gasteiger partial charge >= 0.3 is 0 Å². The van der Waals surface area contributed by atoms with Crippen LogP contribution in [-0.4, -0.2) is 33.6 Å². The quantitative estimate of drug-likeness (QED) is 0.912. The summed E-state index contributed by atoms with van der Waals surface area (Å²) in [4.78, 5) is 6.90. The molecule has 4 heteroatoms. The van der Waals surface area contributed by atoms with E-state index in [2.05, 4.69) is 38.7 Å². The summed E-state index contributed by atoms with van der Waals surface area (Å²) >= 11 is 0. The van der Waals surface area contributed by atoms with Gasteiger partial charge in [0.1, 0.15) is 5.82 Å². The third-order valence-electron chi connectivity index (χ3n) is 4.28. The van der Waals surface area contributed by atoms with Gasteiger partial charge in [0.25, 0.3) is 0 Å². The Bertz CT molecular complexity index is 575. The van der Waals surface area contributed by atoms with Crippen molar-refractivity contribution in [3.63, 3.8) is 0 Å². The maximum absolute atomic E-state index is 5.97. The largest absolute Gasteiger partial charge is 0.338 e. The Morgan fingerprint density at radius 2 is 2.10 bits per heavy atom. The second-order valence-corrected chi connectivity index (χ2v) is 5.54. The zero-order chi connectivity index (χ0) is 13.9. The molecule has 0 saturated heterocycles. The summed E-state index contributed by atoms with van der Waals surface area (Å²) in [6.07, 6.45) is 5.90. The smallest absolute Gasteiger partial charge is 0.109 e. The lowest BCUT2D eigenvalue weighted by Gasteiger charge is -2.36. The first-order chi connectivity index (χ1) is 9.78. The Kier molecular flexibility index (Phi) is 3.85. The lowest BCUT2D eigenvalue weighted by molar-refractivity contribution is 0.176. The molecule has 2 aromatic rings. The molecule has 0 amide bonds. The highest BCUT2D eigenvalue weighted by atomic mass is 15.2. The summed E-state index contributed by atoms with van der Waals surface area (Å²) in [5, 5.41) is 0. The topological polar surface area (TPSA) is 47.1 Å². The number of fused-ring (bicyclic) bond motifs is 1. The molecule has 1 unspecified atom stereocenters. The van der Waals surface area contributed by atoms with E-state index in [-0.39, 0.29) is 0 Å². The van der Waals surface area contributed by atoms with Crippen molar-refractivity contribution in [2.24, 2.45) is 12.8 Å². The van der Waals surface area contributed by atoms with Crippen LogP contribution in [0.5, 0.6) is 0 Å². The van der Waals surface area contributed by atoms with Gasteiger partial charge in [-0.25, -0.2) is 4.98 Å². The van der Waals surface area contributed by atoms with Crippen molar-refractivity contribution < 1.29 is 0 Å². The Morgan fingerprint density at radius 1 is 1.30 bits per heavy atom. The first-order valence-corrected chi connectivity index (χ1v) is 7.25. The predicted molar refractivity (Wildman–Crippen MR) is 80.3 cm³/mol. The lowest BCUT2D eigenvalue weighted by Crippen LogP contribution is -2.45. The molecule has 2 heterocycles. The molecule has 0 radical (unpaired) electrons. The van der Waals surface area contributed by atoms with Crippen LogP contribution in [0.25, 0.3) is 0 Å². The van der Waals surface area contributed by atoms with E-state index >= 15 is 0 Å². The van der Waals surface area contributed by atoms with Gasteiger partial charge in [0, 0.05) is 51.5 Å². The van der Waals surface area contributed by atoms with E-state index in [1.54, 1.807) is 0 Å². The molecule has 1 aromatic heterocycles. The molecule has 1 aliphatic heterocycles. The molecule has 0 aliphatic carbocycles. The zero-order valence-corrected chi connectivity index (χ0v) is 12.0. The number of imidazole rings is 1. The Morgan fingerprint density at radius 3 is 2.80 bits per heavy atom. The fourth-order valence-corrected chi connectivity index (χ4v) is 3.02. The summed E-state index contributed by atoms with van der Waals surface area (Å²) in [6.45, 7) is 2.73. The SMILES string of the molecule is Cn1ccnc1CCN1Cc2ccccc2CC1CN. The maximum Gasteiger partial charge on any atom is 0.109 e. The molecule has 1 aromatic carbocycles. The van der Waals surface area contributed by atoms with Gasteiger partial charge in [0.05, 0.1) is 0 Å². The number of aryl methyl sites for hydroxylation is 1. The van der Waals surface area contributed by atoms with Crippen LogP contribution in [0, 0.1) is 0 Å². The second kappa shape index (κ2) is 5.77. The Labute approximate surface area is 120 Å². The first-order valence-electron chi connectivity index (χ1n) is 7.25. The van der Waals surface area contributed by atoms with Crippen LogP contribution in [0.2, 0.25) is 0 Å². The molecule has 0 saturated carbocycles. The fourth-order valence-electron chi connectivity index (χ4n) is 3.02. The summed E-state index contributed by atoms with van der Waals surface area (Å²) in [7, 11) is 2.05. The van der Waals surface area contributed by atoms with Crippen molar-refractivity contribution in [1.82, 2.24) is 14.5 Å². The lowest BCUT2D eigenvalue weighted by atomic mass is 9.94. The molecule has 2 N–H and O–H groups in total. The normalized spacial score (nSPS) is 19.0. The van der Waals surface area contributed by atoms with E-state index in [9.17, 15) is 0 Å². The maximum atomic E-state index is 5.97. The van der Waals surface area contributed by atoms with Crippen molar-refractivity contribution in [3.05, 3.63) is 53.6 Å². The summed E-state index contributed by atoms with van der Waals surface area (Å²) in [5.74, 6) is 1.14. The molecule has 1 aliphatic rings. The van der Waals surface area contributed by atoms with Gasteiger partial charge in [-0.15, -0.1) is 0 Å². The van der Waals surface area contributed by atoms with Crippen LogP contribution < -0.4 is 5.73 Å². The minimum absolute atomic E-state index is 0.449. The van der Waals surface area contributed by atoms with E-state index in [1.165, 1.54) is 11.1 Å². The van der Waals surface area contributed by atoms with Gasteiger partial charge < -0.3 is 10.3 Å². The number of rotatable bonds is 4. The van der Waals surface area contributed by atoms with E-state index < -0.39 is 0 Å². The summed E-state index contributed by atoms with van der Waals surface area (Å²) in [6, 6.07) is 9.16. The highest BCUT2D eigenvalue weighted by molar-refractivity contribution is 5.30. The average molecular weight is 270 g/mol. The monoisotopic (exact) mass is 270 g/mol. The molecule has 4 nitrogen and oxygen atoms in total. The minimum atomic E-state index is 0.449. The second-order valence-electron chi connectivity index (χ2n) is 5.54. The van der Waals surface area contributed by atoms with Crippen LogP contribution >= 0.6 is 0 Å². The number of hydrogen-bond acceptors (Lipinski definition) is 3. The minimum Gasteiger partial charge on any atom is -0.338 e. The molecule has 0 bridgehead atoms. The van der Waals surface area contributed by atoms with Crippen LogP contribution in [-0.2, 0) is 26.4 Å². The van der Waals surface area contributed by atoms with Crippen molar-refractivity contribution in [3.8, 4) is 0 Å². The van der Waals surface area contributed by atoms with Crippen LogP contribution in [0.3, 0.4) is 0 Å². The van der Waals surface area contributed by atoms with Crippen molar-refractivity contribution in [1.29, 1.82) is 0 Å². The molecule has 3 rings (SSSR count). The number of nitrogens with zero attached hydrogens (tertiary/aromatic N) is 3. The molecule has 20 heavy (non-hydrogen) atoms. The molecule has 0 fully saturated rings. The van der Waals surface area contributed by atoms with Crippen molar-refractivity contribution >= 4 is 0 Å². The average Bonchev–Trinajstić information content (AvgIpc) is 2.89.